The molecular weight excluding hydrogens is 497 g/mol. The maximum absolute atomic E-state index is 13.6. The summed E-state index contributed by atoms with van der Waals surface area (Å²) >= 11 is 0. The van der Waals surface area contributed by atoms with E-state index in [4.69, 9.17) is 4.74 Å². The number of nitrogens with one attached hydrogen (secondary N) is 1. The first kappa shape index (κ1) is 28.4. The number of hydrogen-bond donors (Lipinski definition) is 2. The van der Waals surface area contributed by atoms with Crippen molar-refractivity contribution in [3.63, 3.8) is 0 Å². The molecule has 0 saturated heterocycles. The standard InChI is InChI=1S/C27H34FN3O5S/c1-5-13-29-27(33)30(4)17-25-19(2)16-31(20(3)18-32)37(34,35)26-12-11-22(15-24(26)36-25)10-9-21-7-6-8-23(28)14-21/h6-8,11-12,14-15,19-20,25,32H,5,13,16-18H2,1-4H3,(H,29,33)/t19-,20+,25+/m0/s1. The van der Waals surface area contributed by atoms with Crippen molar-refractivity contribution in [1.29, 1.82) is 0 Å². The minimum absolute atomic E-state index is 0.0425. The normalized spacial score (nSPS) is 19.7. The molecule has 0 bridgehead atoms. The molecule has 2 amide bonds. The molecule has 0 aromatic heterocycles. The summed E-state index contributed by atoms with van der Waals surface area (Å²) in [6.45, 7) is 5.99. The van der Waals surface area contributed by atoms with Gasteiger partial charge in [-0.25, -0.2) is 17.6 Å². The molecule has 1 aliphatic heterocycles. The highest BCUT2D eigenvalue weighted by Crippen LogP contribution is 2.34. The van der Waals surface area contributed by atoms with E-state index in [1.54, 1.807) is 38.2 Å². The van der Waals surface area contributed by atoms with Crippen LogP contribution in [-0.4, -0.2) is 74.2 Å². The Kier molecular flexibility index (Phi) is 9.54. The van der Waals surface area contributed by atoms with Gasteiger partial charge in [0, 0.05) is 43.2 Å². The summed E-state index contributed by atoms with van der Waals surface area (Å²) in [5.74, 6) is 5.22. The Bertz CT molecular complexity index is 1270. The maximum atomic E-state index is 13.6. The number of halogens is 1. The van der Waals surface area contributed by atoms with Gasteiger partial charge in [0.15, 0.2) is 0 Å². The molecule has 0 saturated carbocycles. The summed E-state index contributed by atoms with van der Waals surface area (Å²) in [5, 5.41) is 12.6. The zero-order valence-electron chi connectivity index (χ0n) is 21.6. The molecule has 1 aliphatic rings. The molecule has 0 unspecified atom stereocenters. The van der Waals surface area contributed by atoms with Crippen molar-refractivity contribution in [2.45, 2.75) is 44.2 Å². The summed E-state index contributed by atoms with van der Waals surface area (Å²) in [7, 11) is -2.34. The maximum Gasteiger partial charge on any atom is 0.317 e. The highest BCUT2D eigenvalue weighted by molar-refractivity contribution is 7.89. The van der Waals surface area contributed by atoms with Crippen LogP contribution < -0.4 is 10.1 Å². The number of rotatable bonds is 6. The van der Waals surface area contributed by atoms with Crippen LogP contribution in [0.2, 0.25) is 0 Å². The van der Waals surface area contributed by atoms with Gasteiger partial charge in [-0.2, -0.15) is 4.31 Å². The molecule has 200 valence electrons. The second kappa shape index (κ2) is 12.4. The van der Waals surface area contributed by atoms with Crippen molar-refractivity contribution in [3.05, 3.63) is 59.4 Å². The highest BCUT2D eigenvalue weighted by atomic mass is 32.2. The van der Waals surface area contributed by atoms with E-state index >= 15 is 0 Å². The third kappa shape index (κ3) is 7.01. The molecule has 0 radical (unpaired) electrons. The quantitative estimate of drug-likeness (QED) is 0.559. The summed E-state index contributed by atoms with van der Waals surface area (Å²) in [6, 6.07) is 9.52. The van der Waals surface area contributed by atoms with Gasteiger partial charge in [0.1, 0.15) is 22.6 Å². The number of likely N-dealkylation sites (N-methyl/N-ethyl adjacent to an activating group) is 1. The van der Waals surface area contributed by atoms with Gasteiger partial charge < -0.3 is 20.1 Å². The summed E-state index contributed by atoms with van der Waals surface area (Å²) in [6.07, 6.45) is 0.264. The number of fused-ring (bicyclic) bond motifs is 1. The van der Waals surface area contributed by atoms with Gasteiger partial charge in [0.25, 0.3) is 0 Å². The molecule has 10 heteroatoms. The number of ether oxygens (including phenoxy) is 1. The highest BCUT2D eigenvalue weighted by Gasteiger charge is 2.38. The first-order valence-corrected chi connectivity index (χ1v) is 13.7. The number of aliphatic hydroxyl groups is 1. The Labute approximate surface area is 218 Å². The zero-order chi connectivity index (χ0) is 27.2. The summed E-state index contributed by atoms with van der Waals surface area (Å²) < 4.78 is 48.2. The van der Waals surface area contributed by atoms with Crippen molar-refractivity contribution in [2.75, 3.05) is 33.3 Å². The molecule has 3 atom stereocenters. The number of aliphatic hydroxyl groups excluding tert-OH is 1. The van der Waals surface area contributed by atoms with Gasteiger partial charge in [-0.05, 0) is 49.7 Å². The molecule has 3 rings (SSSR count). The van der Waals surface area contributed by atoms with Gasteiger partial charge in [-0.3, -0.25) is 0 Å². The molecule has 2 aromatic carbocycles. The van der Waals surface area contributed by atoms with E-state index in [9.17, 15) is 22.7 Å². The van der Waals surface area contributed by atoms with Gasteiger partial charge in [0.05, 0.1) is 13.2 Å². The number of carbonyl (C=O) groups is 1. The van der Waals surface area contributed by atoms with Crippen LogP contribution in [0.5, 0.6) is 5.75 Å². The lowest BCUT2D eigenvalue weighted by Crippen LogP contribution is -2.51. The number of amides is 2. The minimum atomic E-state index is -4.00. The fourth-order valence-electron chi connectivity index (χ4n) is 3.95. The van der Waals surface area contributed by atoms with E-state index in [1.165, 1.54) is 27.4 Å². The third-order valence-electron chi connectivity index (χ3n) is 6.17. The molecule has 37 heavy (non-hydrogen) atoms. The van der Waals surface area contributed by atoms with E-state index in [0.717, 1.165) is 6.42 Å². The van der Waals surface area contributed by atoms with Gasteiger partial charge >= 0.3 is 6.03 Å². The van der Waals surface area contributed by atoms with E-state index < -0.39 is 28.0 Å². The second-order valence-corrected chi connectivity index (χ2v) is 11.1. The predicted molar refractivity (Wildman–Crippen MR) is 139 cm³/mol. The number of benzene rings is 2. The number of sulfonamides is 1. The summed E-state index contributed by atoms with van der Waals surface area (Å²) in [4.78, 5) is 13.9. The lowest BCUT2D eigenvalue weighted by Gasteiger charge is -2.37. The summed E-state index contributed by atoms with van der Waals surface area (Å²) in [5.41, 5.74) is 0.968. The van der Waals surface area contributed by atoms with Crippen molar-refractivity contribution in [1.82, 2.24) is 14.5 Å². The van der Waals surface area contributed by atoms with Gasteiger partial charge in [-0.1, -0.05) is 31.8 Å². The van der Waals surface area contributed by atoms with Crippen molar-refractivity contribution in [3.8, 4) is 17.6 Å². The van der Waals surface area contributed by atoms with Crippen LogP contribution in [0.15, 0.2) is 47.4 Å². The molecule has 2 N–H and O–H groups in total. The zero-order valence-corrected chi connectivity index (χ0v) is 22.4. The van der Waals surface area contributed by atoms with Gasteiger partial charge in [-0.15, -0.1) is 0 Å². The average molecular weight is 532 g/mol. The molecule has 1 heterocycles. The van der Waals surface area contributed by atoms with Crippen LogP contribution in [0.3, 0.4) is 0 Å². The molecular formula is C27H34FN3O5S. The van der Waals surface area contributed by atoms with Crippen LogP contribution in [0, 0.1) is 23.6 Å². The molecule has 8 nitrogen and oxygen atoms in total. The van der Waals surface area contributed by atoms with E-state index in [0.29, 0.717) is 17.7 Å². The Morgan fingerprint density at radius 2 is 1.97 bits per heavy atom. The molecule has 2 aromatic rings. The van der Waals surface area contributed by atoms with Crippen LogP contribution in [0.1, 0.15) is 38.3 Å². The Morgan fingerprint density at radius 1 is 1.27 bits per heavy atom. The first-order chi connectivity index (χ1) is 17.6. The fourth-order valence-corrected chi connectivity index (χ4v) is 5.78. The first-order valence-electron chi connectivity index (χ1n) is 12.3. The minimum Gasteiger partial charge on any atom is -0.487 e. The Hall–Kier alpha value is -3.13. The fraction of sp³-hybridized carbons (Fsp3) is 0.444. The van der Waals surface area contributed by atoms with Crippen molar-refractivity contribution >= 4 is 16.1 Å². The molecule has 0 fully saturated rings. The SMILES string of the molecule is CCCNC(=O)N(C)C[C@H]1Oc2cc(C#Cc3cccc(F)c3)ccc2S(=O)(=O)N([C@H](C)CO)C[C@@H]1C. The molecule has 0 spiro atoms. The Morgan fingerprint density at radius 3 is 2.62 bits per heavy atom. The van der Waals surface area contributed by atoms with Crippen LogP contribution in [0.4, 0.5) is 9.18 Å². The van der Waals surface area contributed by atoms with E-state index in [2.05, 4.69) is 17.2 Å². The van der Waals surface area contributed by atoms with Crippen molar-refractivity contribution < 1.29 is 27.4 Å². The van der Waals surface area contributed by atoms with Crippen LogP contribution in [-0.2, 0) is 10.0 Å². The number of urea groups is 1. The smallest absolute Gasteiger partial charge is 0.317 e. The topological polar surface area (TPSA) is 99.2 Å². The van der Waals surface area contributed by atoms with Gasteiger partial charge in [0.2, 0.25) is 10.0 Å². The number of nitrogens with zero attached hydrogens (tertiary/aromatic N) is 2. The number of carbonyl (C=O) groups excluding carboxylic acids is 1. The second-order valence-electron chi connectivity index (χ2n) is 9.27. The van der Waals surface area contributed by atoms with Crippen LogP contribution in [0.25, 0.3) is 0 Å². The Balaban J connectivity index is 2.02. The van der Waals surface area contributed by atoms with E-state index in [1.807, 2.05) is 13.8 Å². The average Bonchev–Trinajstić information content (AvgIpc) is 2.87. The number of hydrogen-bond acceptors (Lipinski definition) is 5. The third-order valence-corrected chi connectivity index (χ3v) is 8.19. The lowest BCUT2D eigenvalue weighted by atomic mass is 10.0. The van der Waals surface area contributed by atoms with Crippen LogP contribution >= 0.6 is 0 Å². The largest absolute Gasteiger partial charge is 0.487 e. The van der Waals surface area contributed by atoms with Crippen molar-refractivity contribution in [2.24, 2.45) is 5.92 Å². The molecule has 0 aliphatic carbocycles. The lowest BCUT2D eigenvalue weighted by molar-refractivity contribution is 0.0812. The predicted octanol–water partition coefficient (Wildman–Crippen LogP) is 3.05. The monoisotopic (exact) mass is 531 g/mol. The van der Waals surface area contributed by atoms with E-state index in [-0.39, 0.29) is 42.3 Å².